The highest BCUT2D eigenvalue weighted by molar-refractivity contribution is 6.37. The van der Waals surface area contributed by atoms with E-state index in [1.165, 1.54) is 6.07 Å². The normalized spacial score (nSPS) is 9.32. The van der Waals surface area contributed by atoms with E-state index >= 15 is 0 Å². The number of nitrogens with zero attached hydrogens (tertiary/aromatic N) is 2. The van der Waals surface area contributed by atoms with Crippen molar-refractivity contribution in [3.8, 4) is 0 Å². The number of diazo groups is 1. The summed E-state index contributed by atoms with van der Waals surface area (Å²) in [6, 6.07) is 13.1. The van der Waals surface area contributed by atoms with Gasteiger partial charge in [0.1, 0.15) is 5.02 Å². The molecule has 0 saturated carbocycles. The van der Waals surface area contributed by atoms with Crippen molar-refractivity contribution in [2.75, 3.05) is 5.32 Å². The lowest BCUT2D eigenvalue weighted by molar-refractivity contribution is -0.00000362. The Kier molecular flexibility index (Phi) is 5.91. The first-order valence-corrected chi connectivity index (χ1v) is 6.08. The second-order valence-electron chi connectivity index (χ2n) is 3.72. The molecule has 0 fully saturated rings. The van der Waals surface area contributed by atoms with Crippen molar-refractivity contribution in [2.45, 2.75) is 6.54 Å². The Morgan fingerprint density at radius 1 is 1.05 bits per heavy atom. The molecule has 0 radical (unpaired) electrons. The lowest BCUT2D eigenvalue weighted by Crippen LogP contribution is -3.00. The summed E-state index contributed by atoms with van der Waals surface area (Å²) in [5.41, 5.74) is 2.10. The number of hydrogen-bond acceptors (Lipinski definition) is 2. The molecule has 0 heterocycles. The van der Waals surface area contributed by atoms with Crippen molar-refractivity contribution in [1.82, 2.24) is 0 Å². The molecule has 6 heteroatoms. The summed E-state index contributed by atoms with van der Waals surface area (Å²) in [6.45, 7) is 0.645. The lowest BCUT2D eigenvalue weighted by atomic mass is 10.2. The average molecular weight is 315 g/mol. The van der Waals surface area contributed by atoms with Gasteiger partial charge in [-0.05, 0) is 11.6 Å². The number of hydrogen-bond donors (Lipinski definition) is 1. The predicted molar refractivity (Wildman–Crippen MR) is 75.0 cm³/mol. The molecule has 0 bridgehead atoms. The third kappa shape index (κ3) is 4.00. The maximum absolute atomic E-state index is 8.70. The first kappa shape index (κ1) is 15.6. The second-order valence-corrected chi connectivity index (χ2v) is 4.54. The Morgan fingerprint density at radius 2 is 1.74 bits per heavy atom. The molecule has 0 unspecified atom stereocenters. The number of halogens is 3. The van der Waals surface area contributed by atoms with Crippen molar-refractivity contribution in [3.63, 3.8) is 0 Å². The Hall–Kier alpha value is -1.47. The van der Waals surface area contributed by atoms with Crippen LogP contribution in [-0.2, 0) is 6.54 Å². The van der Waals surface area contributed by atoms with E-state index in [-0.39, 0.29) is 18.1 Å². The molecule has 3 nitrogen and oxygen atoms in total. The summed E-state index contributed by atoms with van der Waals surface area (Å²) in [6.07, 6.45) is 0. The van der Waals surface area contributed by atoms with Gasteiger partial charge in [-0.2, -0.15) is 0 Å². The monoisotopic (exact) mass is 313 g/mol. The van der Waals surface area contributed by atoms with Gasteiger partial charge in [0, 0.05) is 6.54 Å². The van der Waals surface area contributed by atoms with Crippen molar-refractivity contribution in [1.29, 1.82) is 5.39 Å². The standard InChI is InChI=1S/C13H10Cl2N3.ClH/c14-10-7-13(18-16)11(15)6-12(10)17-8-9-4-2-1-3-5-9;/h1-7,17H,8H2;1H/q+1;/p-1. The van der Waals surface area contributed by atoms with Crippen molar-refractivity contribution in [3.05, 3.63) is 63.0 Å². The molecule has 0 atom stereocenters. The van der Waals surface area contributed by atoms with Crippen LogP contribution >= 0.6 is 23.2 Å². The van der Waals surface area contributed by atoms with Crippen LogP contribution in [0.3, 0.4) is 0 Å². The summed E-state index contributed by atoms with van der Waals surface area (Å²) in [7, 11) is 0. The molecule has 0 amide bonds. The zero-order valence-corrected chi connectivity index (χ0v) is 12.0. The van der Waals surface area contributed by atoms with E-state index < -0.39 is 0 Å². The molecule has 0 aliphatic rings. The zero-order chi connectivity index (χ0) is 13.0. The Bertz CT molecular complexity index is 594. The SMILES string of the molecule is N#[N+]c1cc(Cl)c(NCc2ccccc2)cc1Cl.[Cl-]. The highest BCUT2D eigenvalue weighted by Crippen LogP contribution is 2.34. The van der Waals surface area contributed by atoms with E-state index in [4.69, 9.17) is 28.6 Å². The van der Waals surface area contributed by atoms with Crippen molar-refractivity contribution in [2.24, 2.45) is 0 Å². The summed E-state index contributed by atoms with van der Waals surface area (Å²) < 4.78 is 0. The minimum atomic E-state index is 0. The van der Waals surface area contributed by atoms with Crippen LogP contribution < -0.4 is 17.7 Å². The highest BCUT2D eigenvalue weighted by Gasteiger charge is 2.15. The molecule has 0 aliphatic heterocycles. The fourth-order valence-electron chi connectivity index (χ4n) is 1.54. The fourth-order valence-corrected chi connectivity index (χ4v) is 1.97. The minimum absolute atomic E-state index is 0. The molecule has 2 aromatic carbocycles. The van der Waals surface area contributed by atoms with Crippen LogP contribution in [0.15, 0.2) is 42.5 Å². The van der Waals surface area contributed by atoms with Crippen LogP contribution in [0, 0.1) is 5.39 Å². The molecular formula is C13H10Cl3N3. The van der Waals surface area contributed by atoms with E-state index in [1.54, 1.807) is 6.07 Å². The molecule has 0 spiro atoms. The van der Waals surface area contributed by atoms with Crippen LogP contribution in [0.4, 0.5) is 11.4 Å². The fraction of sp³-hybridized carbons (Fsp3) is 0.0769. The molecule has 19 heavy (non-hydrogen) atoms. The molecule has 2 aromatic rings. The highest BCUT2D eigenvalue weighted by atomic mass is 35.5. The Labute approximate surface area is 127 Å². The minimum Gasteiger partial charge on any atom is -1.00 e. The maximum Gasteiger partial charge on any atom is 0.405 e. The molecule has 0 aliphatic carbocycles. The molecule has 0 saturated heterocycles. The topological polar surface area (TPSA) is 40.2 Å². The molecular weight excluding hydrogens is 305 g/mol. The van der Waals surface area contributed by atoms with Gasteiger partial charge >= 0.3 is 5.69 Å². The number of rotatable bonds is 3. The van der Waals surface area contributed by atoms with Crippen LogP contribution in [0.2, 0.25) is 10.0 Å². The van der Waals surface area contributed by atoms with Gasteiger partial charge in [-0.3, -0.25) is 0 Å². The summed E-state index contributed by atoms with van der Waals surface area (Å²) >= 11 is 12.0. The van der Waals surface area contributed by atoms with E-state index in [2.05, 4.69) is 10.3 Å². The van der Waals surface area contributed by atoms with Gasteiger partial charge in [0.25, 0.3) is 0 Å². The van der Waals surface area contributed by atoms with E-state index in [1.807, 2.05) is 30.3 Å². The quantitative estimate of drug-likeness (QED) is 0.881. The van der Waals surface area contributed by atoms with Gasteiger partial charge < -0.3 is 17.7 Å². The summed E-state index contributed by atoms with van der Waals surface area (Å²) in [4.78, 5) is 3.05. The van der Waals surface area contributed by atoms with Crippen molar-refractivity contribution < 1.29 is 12.4 Å². The maximum atomic E-state index is 8.70. The molecule has 0 aromatic heterocycles. The Morgan fingerprint density at radius 3 is 2.37 bits per heavy atom. The molecule has 1 N–H and O–H groups in total. The first-order valence-electron chi connectivity index (χ1n) is 5.32. The average Bonchev–Trinajstić information content (AvgIpc) is 2.40. The van der Waals surface area contributed by atoms with E-state index in [9.17, 15) is 0 Å². The number of benzene rings is 2. The molecule has 2 rings (SSSR count). The van der Waals surface area contributed by atoms with E-state index in [0.29, 0.717) is 22.3 Å². The number of nitrogens with one attached hydrogen (secondary N) is 1. The Balaban J connectivity index is 0.00000180. The zero-order valence-electron chi connectivity index (χ0n) is 9.78. The lowest BCUT2D eigenvalue weighted by Gasteiger charge is -2.07. The van der Waals surface area contributed by atoms with Gasteiger partial charge in [0.2, 0.25) is 5.39 Å². The third-order valence-corrected chi connectivity index (χ3v) is 3.09. The number of anilines is 1. The van der Waals surface area contributed by atoms with Gasteiger partial charge in [0.15, 0.2) is 4.98 Å². The van der Waals surface area contributed by atoms with Gasteiger partial charge in [-0.1, -0.05) is 53.5 Å². The van der Waals surface area contributed by atoms with Crippen LogP contribution in [0.25, 0.3) is 4.98 Å². The largest absolute Gasteiger partial charge is 1.00 e. The van der Waals surface area contributed by atoms with Gasteiger partial charge in [-0.25, -0.2) is 0 Å². The van der Waals surface area contributed by atoms with Crippen LogP contribution in [-0.4, -0.2) is 0 Å². The summed E-state index contributed by atoms with van der Waals surface area (Å²) in [5.74, 6) is 0. The van der Waals surface area contributed by atoms with Gasteiger partial charge in [0.05, 0.1) is 16.8 Å². The molecule has 98 valence electrons. The second kappa shape index (κ2) is 7.20. The predicted octanol–water partition coefficient (Wildman–Crippen LogP) is 2.09. The van der Waals surface area contributed by atoms with Crippen molar-refractivity contribution >= 4 is 34.6 Å². The van der Waals surface area contributed by atoms with Crippen LogP contribution in [0.5, 0.6) is 0 Å². The first-order chi connectivity index (χ1) is 8.70. The smallest absolute Gasteiger partial charge is 0.405 e. The summed E-state index contributed by atoms with van der Waals surface area (Å²) in [5, 5.41) is 12.7. The van der Waals surface area contributed by atoms with E-state index in [0.717, 1.165) is 5.56 Å². The van der Waals surface area contributed by atoms with Gasteiger partial charge in [-0.15, -0.1) is 0 Å². The van der Waals surface area contributed by atoms with Crippen LogP contribution in [0.1, 0.15) is 5.56 Å². The third-order valence-electron chi connectivity index (χ3n) is 2.47.